The molecule has 0 amide bonds. The van der Waals surface area contributed by atoms with Gasteiger partial charge in [-0.15, -0.1) is 23.1 Å². The second-order valence-corrected chi connectivity index (χ2v) is 6.76. The van der Waals surface area contributed by atoms with Crippen molar-refractivity contribution in [3.63, 3.8) is 0 Å². The fourth-order valence-corrected chi connectivity index (χ4v) is 4.33. The summed E-state index contributed by atoms with van der Waals surface area (Å²) >= 11 is 3.45. The summed E-state index contributed by atoms with van der Waals surface area (Å²) in [5.74, 6) is 1.32. The number of hydrogen-bond acceptors (Lipinski definition) is 4. The lowest BCUT2D eigenvalue weighted by Gasteiger charge is -2.11. The molecule has 0 saturated carbocycles. The molecule has 0 aliphatic rings. The molecule has 2 rings (SSSR count). The summed E-state index contributed by atoms with van der Waals surface area (Å²) < 4.78 is 6.62. The minimum atomic E-state index is 0.456. The summed E-state index contributed by atoms with van der Waals surface area (Å²) in [6.07, 6.45) is 2.10. The van der Waals surface area contributed by atoms with Gasteiger partial charge in [-0.3, -0.25) is 0 Å². The van der Waals surface area contributed by atoms with Gasteiger partial charge in [0.15, 0.2) is 0 Å². The Hall–Kier alpha value is -1.13. The van der Waals surface area contributed by atoms with Crippen LogP contribution in [0.25, 0.3) is 11.1 Å². The zero-order valence-electron chi connectivity index (χ0n) is 11.7. The van der Waals surface area contributed by atoms with E-state index >= 15 is 0 Å². The minimum Gasteiger partial charge on any atom is -0.497 e. The molecular formula is C15H19NOS2. The van der Waals surface area contributed by atoms with Crippen LogP contribution in [0.2, 0.25) is 0 Å². The molecule has 1 aromatic carbocycles. The van der Waals surface area contributed by atoms with Gasteiger partial charge in [0, 0.05) is 5.56 Å². The molecule has 2 nitrogen and oxygen atoms in total. The number of methoxy groups -OCH3 is 1. The molecule has 19 heavy (non-hydrogen) atoms. The third-order valence-corrected chi connectivity index (χ3v) is 5.23. The molecule has 0 unspecified atom stereocenters. The Morgan fingerprint density at radius 2 is 2.05 bits per heavy atom. The minimum absolute atomic E-state index is 0.456. The van der Waals surface area contributed by atoms with Crippen molar-refractivity contribution < 1.29 is 4.74 Å². The van der Waals surface area contributed by atoms with Crippen LogP contribution in [-0.2, 0) is 0 Å². The zero-order valence-corrected chi connectivity index (χ0v) is 13.3. The van der Waals surface area contributed by atoms with E-state index in [0.717, 1.165) is 16.3 Å². The second-order valence-electron chi connectivity index (χ2n) is 4.63. The van der Waals surface area contributed by atoms with E-state index in [2.05, 4.69) is 32.2 Å². The van der Waals surface area contributed by atoms with Crippen molar-refractivity contribution >= 4 is 28.1 Å². The summed E-state index contributed by atoms with van der Waals surface area (Å²) in [5, 5.41) is 0.890. The lowest BCUT2D eigenvalue weighted by Crippen LogP contribution is -1.93. The number of nitrogen functional groups attached to an aromatic ring is 1. The van der Waals surface area contributed by atoms with Gasteiger partial charge in [-0.1, -0.05) is 26.0 Å². The van der Waals surface area contributed by atoms with E-state index < -0.39 is 0 Å². The van der Waals surface area contributed by atoms with Crippen LogP contribution in [0.4, 0.5) is 5.00 Å². The molecule has 0 atom stereocenters. The van der Waals surface area contributed by atoms with Gasteiger partial charge in [0.25, 0.3) is 0 Å². The van der Waals surface area contributed by atoms with Gasteiger partial charge in [0.05, 0.1) is 16.3 Å². The maximum absolute atomic E-state index is 6.24. The standard InChI is InChI=1S/C15H19NOS2/c1-9(2)12-13(14(16)19-15(12)18-4)10-6-5-7-11(8-10)17-3/h5-9H,16H2,1-4H3. The number of nitrogens with two attached hydrogens (primary N) is 1. The van der Waals surface area contributed by atoms with E-state index in [-0.39, 0.29) is 0 Å². The van der Waals surface area contributed by atoms with Crippen molar-refractivity contribution in [1.29, 1.82) is 0 Å². The largest absolute Gasteiger partial charge is 0.497 e. The molecule has 0 radical (unpaired) electrons. The number of hydrogen-bond donors (Lipinski definition) is 1. The molecule has 0 spiro atoms. The molecule has 1 heterocycles. The fraction of sp³-hybridized carbons (Fsp3) is 0.333. The van der Waals surface area contributed by atoms with Gasteiger partial charge in [0.2, 0.25) is 0 Å². The van der Waals surface area contributed by atoms with Crippen LogP contribution < -0.4 is 10.5 Å². The predicted molar refractivity (Wildman–Crippen MR) is 86.6 cm³/mol. The van der Waals surface area contributed by atoms with Gasteiger partial charge < -0.3 is 10.5 Å². The van der Waals surface area contributed by atoms with Gasteiger partial charge in [0.1, 0.15) is 5.75 Å². The first-order chi connectivity index (χ1) is 9.08. The molecule has 102 valence electrons. The molecule has 0 bridgehead atoms. The number of ether oxygens (including phenoxy) is 1. The Balaban J connectivity index is 2.63. The maximum Gasteiger partial charge on any atom is 0.119 e. The summed E-state index contributed by atoms with van der Waals surface area (Å²) in [5.41, 5.74) is 9.90. The van der Waals surface area contributed by atoms with E-state index in [4.69, 9.17) is 10.5 Å². The average molecular weight is 293 g/mol. The van der Waals surface area contributed by atoms with Gasteiger partial charge in [-0.2, -0.15) is 0 Å². The average Bonchev–Trinajstić information content (AvgIpc) is 2.75. The van der Waals surface area contributed by atoms with Gasteiger partial charge in [-0.05, 0) is 35.4 Å². The topological polar surface area (TPSA) is 35.2 Å². The third-order valence-electron chi connectivity index (χ3n) is 3.06. The maximum atomic E-state index is 6.24. The fourth-order valence-electron chi connectivity index (χ4n) is 2.19. The third kappa shape index (κ3) is 2.74. The highest BCUT2D eigenvalue weighted by Crippen LogP contribution is 2.46. The van der Waals surface area contributed by atoms with Crippen LogP contribution in [0.1, 0.15) is 25.3 Å². The van der Waals surface area contributed by atoms with Crippen LogP contribution in [0.5, 0.6) is 5.75 Å². The van der Waals surface area contributed by atoms with Crippen molar-refractivity contribution in [2.75, 3.05) is 19.1 Å². The molecule has 0 aliphatic carbocycles. The van der Waals surface area contributed by atoms with Crippen LogP contribution in [-0.4, -0.2) is 13.4 Å². The van der Waals surface area contributed by atoms with Gasteiger partial charge >= 0.3 is 0 Å². The summed E-state index contributed by atoms with van der Waals surface area (Å²) in [7, 11) is 1.69. The van der Waals surface area contributed by atoms with E-state index in [9.17, 15) is 0 Å². The first kappa shape index (κ1) is 14.3. The van der Waals surface area contributed by atoms with E-state index in [1.807, 2.05) is 12.1 Å². The van der Waals surface area contributed by atoms with Crippen LogP contribution in [0, 0.1) is 0 Å². The lowest BCUT2D eigenvalue weighted by molar-refractivity contribution is 0.415. The molecule has 1 aromatic heterocycles. The Morgan fingerprint density at radius 3 is 2.63 bits per heavy atom. The number of benzene rings is 1. The second kappa shape index (κ2) is 5.88. The van der Waals surface area contributed by atoms with Crippen LogP contribution in [0.3, 0.4) is 0 Å². The molecule has 2 N–H and O–H groups in total. The zero-order chi connectivity index (χ0) is 14.0. The van der Waals surface area contributed by atoms with Crippen molar-refractivity contribution in [3.8, 4) is 16.9 Å². The first-order valence-electron chi connectivity index (χ1n) is 6.19. The monoisotopic (exact) mass is 293 g/mol. The number of rotatable bonds is 4. The van der Waals surface area contributed by atoms with Crippen molar-refractivity contribution in [3.05, 3.63) is 29.8 Å². The highest BCUT2D eigenvalue weighted by molar-refractivity contribution is 8.00. The van der Waals surface area contributed by atoms with Crippen molar-refractivity contribution in [2.24, 2.45) is 0 Å². The Kier molecular flexibility index (Phi) is 4.42. The highest BCUT2D eigenvalue weighted by Gasteiger charge is 2.20. The molecule has 2 aromatic rings. The van der Waals surface area contributed by atoms with Crippen LogP contribution in [0.15, 0.2) is 28.5 Å². The number of thioether (sulfide) groups is 1. The molecule has 0 aliphatic heterocycles. The van der Waals surface area contributed by atoms with E-state index in [1.54, 1.807) is 30.2 Å². The SMILES string of the molecule is COc1cccc(-c2c(N)sc(SC)c2C(C)C)c1. The molecule has 0 fully saturated rings. The molecule has 4 heteroatoms. The summed E-state index contributed by atoms with van der Waals surface area (Å²) in [4.78, 5) is 0. The highest BCUT2D eigenvalue weighted by atomic mass is 32.2. The summed E-state index contributed by atoms with van der Waals surface area (Å²) in [6.45, 7) is 4.43. The Bertz CT molecular complexity index is 576. The smallest absolute Gasteiger partial charge is 0.119 e. The Labute approximate surface area is 123 Å². The molecular weight excluding hydrogens is 274 g/mol. The molecule has 0 saturated heterocycles. The number of anilines is 1. The van der Waals surface area contributed by atoms with E-state index in [0.29, 0.717) is 5.92 Å². The predicted octanol–water partition coefficient (Wildman–Crippen LogP) is 4.85. The Morgan fingerprint density at radius 1 is 1.32 bits per heavy atom. The van der Waals surface area contributed by atoms with Crippen molar-refractivity contribution in [2.45, 2.75) is 24.0 Å². The van der Waals surface area contributed by atoms with Gasteiger partial charge in [-0.25, -0.2) is 0 Å². The first-order valence-corrected chi connectivity index (χ1v) is 8.23. The van der Waals surface area contributed by atoms with Crippen molar-refractivity contribution in [1.82, 2.24) is 0 Å². The van der Waals surface area contributed by atoms with E-state index in [1.165, 1.54) is 15.3 Å². The number of thiophene rings is 1. The lowest BCUT2D eigenvalue weighted by atomic mass is 9.96. The quantitative estimate of drug-likeness (QED) is 0.818. The van der Waals surface area contributed by atoms with Crippen LogP contribution >= 0.6 is 23.1 Å². The normalized spacial score (nSPS) is 11.0. The summed E-state index contributed by atoms with van der Waals surface area (Å²) in [6, 6.07) is 8.11.